The van der Waals surface area contributed by atoms with Gasteiger partial charge in [-0.2, -0.15) is 4.31 Å². The predicted molar refractivity (Wildman–Crippen MR) is 100 cm³/mol. The molecule has 0 bridgehead atoms. The maximum atomic E-state index is 13.2. The van der Waals surface area contributed by atoms with E-state index in [9.17, 15) is 8.42 Å². The summed E-state index contributed by atoms with van der Waals surface area (Å²) in [5.74, 6) is 0. The second kappa shape index (κ2) is 5.71. The number of sulfonamides is 1. The molecule has 0 fully saturated rings. The van der Waals surface area contributed by atoms with Crippen LogP contribution in [0.2, 0.25) is 0 Å². The zero-order valence-electron chi connectivity index (χ0n) is 14.8. The summed E-state index contributed by atoms with van der Waals surface area (Å²) in [5, 5.41) is 1.13. The van der Waals surface area contributed by atoms with Crippen molar-refractivity contribution in [3.63, 3.8) is 0 Å². The first-order chi connectivity index (χ1) is 11.9. The van der Waals surface area contributed by atoms with Crippen LogP contribution in [0.3, 0.4) is 0 Å². The van der Waals surface area contributed by atoms with Crippen LogP contribution in [0.4, 0.5) is 0 Å². The van der Waals surface area contributed by atoms with Crippen LogP contribution in [0.1, 0.15) is 27.9 Å². The molecule has 3 aromatic rings. The summed E-state index contributed by atoms with van der Waals surface area (Å²) in [4.78, 5) is 3.89. The predicted octanol–water partition coefficient (Wildman–Crippen LogP) is 3.84. The molecule has 4 nitrogen and oxygen atoms in total. The lowest BCUT2D eigenvalue weighted by Crippen LogP contribution is -2.36. The Bertz CT molecular complexity index is 1080. The highest BCUT2D eigenvalue weighted by Gasteiger charge is 2.31. The van der Waals surface area contributed by atoms with E-state index in [2.05, 4.69) is 30.1 Å². The zero-order chi connectivity index (χ0) is 17.8. The van der Waals surface area contributed by atoms with E-state index < -0.39 is 10.0 Å². The lowest BCUT2D eigenvalue weighted by atomic mass is 10.1. The van der Waals surface area contributed by atoms with E-state index in [-0.39, 0.29) is 0 Å². The molecule has 0 amide bonds. The molecule has 0 saturated heterocycles. The van der Waals surface area contributed by atoms with Crippen LogP contribution in [0.25, 0.3) is 10.9 Å². The van der Waals surface area contributed by atoms with Gasteiger partial charge < -0.3 is 4.98 Å². The van der Waals surface area contributed by atoms with E-state index in [4.69, 9.17) is 0 Å². The molecule has 5 heteroatoms. The minimum Gasteiger partial charge on any atom is -0.358 e. The van der Waals surface area contributed by atoms with Gasteiger partial charge in [0.15, 0.2) is 0 Å². The van der Waals surface area contributed by atoms with Crippen molar-refractivity contribution in [2.24, 2.45) is 0 Å². The highest BCUT2D eigenvalue weighted by atomic mass is 32.2. The highest BCUT2D eigenvalue weighted by Crippen LogP contribution is 2.31. The molecule has 25 heavy (non-hydrogen) atoms. The number of aromatic nitrogens is 1. The molecule has 130 valence electrons. The van der Waals surface area contributed by atoms with Gasteiger partial charge in [0.05, 0.1) is 4.90 Å². The molecule has 0 atom stereocenters. The number of hydrogen-bond donors (Lipinski definition) is 1. The fourth-order valence-electron chi connectivity index (χ4n) is 3.64. The summed E-state index contributed by atoms with van der Waals surface area (Å²) in [6.07, 6.45) is 0.715. The van der Waals surface area contributed by atoms with Crippen LogP contribution in [0.5, 0.6) is 0 Å². The number of hydrogen-bond acceptors (Lipinski definition) is 2. The number of benzene rings is 2. The van der Waals surface area contributed by atoms with Crippen molar-refractivity contribution in [1.29, 1.82) is 0 Å². The third-order valence-electron chi connectivity index (χ3n) is 5.06. The van der Waals surface area contributed by atoms with Gasteiger partial charge in [-0.05, 0) is 55.2 Å². The van der Waals surface area contributed by atoms with Gasteiger partial charge in [0.2, 0.25) is 10.0 Å². The molecule has 0 spiro atoms. The Balaban J connectivity index is 1.77. The van der Waals surface area contributed by atoms with Crippen LogP contribution in [-0.2, 0) is 23.0 Å². The van der Waals surface area contributed by atoms with Crippen molar-refractivity contribution in [2.45, 2.75) is 38.6 Å². The van der Waals surface area contributed by atoms with E-state index in [1.54, 1.807) is 10.4 Å². The number of H-pyrrole nitrogens is 1. The maximum absolute atomic E-state index is 13.2. The molecule has 1 aliphatic rings. The van der Waals surface area contributed by atoms with Crippen molar-refractivity contribution in [2.75, 3.05) is 6.54 Å². The Hall–Kier alpha value is -2.11. The first-order valence-electron chi connectivity index (χ1n) is 8.54. The molecular formula is C20H22N2O2S. The van der Waals surface area contributed by atoms with Crippen LogP contribution in [0.15, 0.2) is 41.3 Å². The van der Waals surface area contributed by atoms with Gasteiger partial charge in [-0.25, -0.2) is 8.42 Å². The third-order valence-corrected chi connectivity index (χ3v) is 7.04. The van der Waals surface area contributed by atoms with Gasteiger partial charge in [0, 0.05) is 36.1 Å². The molecule has 2 aromatic carbocycles. The number of nitrogens with zero attached hydrogens (tertiary/aromatic N) is 1. The largest absolute Gasteiger partial charge is 0.358 e. The Labute approximate surface area is 148 Å². The van der Waals surface area contributed by atoms with Gasteiger partial charge in [-0.3, -0.25) is 0 Å². The Morgan fingerprint density at radius 3 is 2.52 bits per heavy atom. The summed E-state index contributed by atoms with van der Waals surface area (Å²) in [6.45, 7) is 6.78. The van der Waals surface area contributed by atoms with Gasteiger partial charge in [0.25, 0.3) is 0 Å². The SMILES string of the molecule is Cc1ccc(C)c(S(=O)(=O)N2CCc3[nH]c4cc(C)ccc4c3C2)c1. The molecule has 2 heterocycles. The topological polar surface area (TPSA) is 53.2 Å². The summed E-state index contributed by atoms with van der Waals surface area (Å²) in [7, 11) is -3.49. The number of rotatable bonds is 2. The maximum Gasteiger partial charge on any atom is 0.243 e. The summed E-state index contributed by atoms with van der Waals surface area (Å²) in [6, 6.07) is 11.9. The van der Waals surface area contributed by atoms with Crippen molar-refractivity contribution in [3.05, 3.63) is 64.3 Å². The smallest absolute Gasteiger partial charge is 0.243 e. The Kier molecular flexibility index (Phi) is 3.74. The number of aromatic amines is 1. The first kappa shape index (κ1) is 16.4. The van der Waals surface area contributed by atoms with Gasteiger partial charge in [-0.1, -0.05) is 24.3 Å². The summed E-state index contributed by atoms with van der Waals surface area (Å²) in [5.41, 5.74) is 6.32. The van der Waals surface area contributed by atoms with Gasteiger partial charge >= 0.3 is 0 Å². The lowest BCUT2D eigenvalue weighted by molar-refractivity contribution is 0.391. The molecule has 0 saturated carbocycles. The number of nitrogens with one attached hydrogen (secondary N) is 1. The first-order valence-corrected chi connectivity index (χ1v) is 9.98. The van der Waals surface area contributed by atoms with E-state index in [1.807, 2.05) is 26.0 Å². The third kappa shape index (κ3) is 2.68. The van der Waals surface area contributed by atoms with E-state index >= 15 is 0 Å². The average Bonchev–Trinajstić information content (AvgIpc) is 2.93. The van der Waals surface area contributed by atoms with E-state index in [0.717, 1.165) is 33.3 Å². The number of aryl methyl sites for hydroxylation is 3. The molecule has 1 aromatic heterocycles. The van der Waals surface area contributed by atoms with E-state index in [0.29, 0.717) is 24.4 Å². The van der Waals surface area contributed by atoms with Crippen molar-refractivity contribution >= 4 is 20.9 Å². The van der Waals surface area contributed by atoms with Crippen LogP contribution < -0.4 is 0 Å². The monoisotopic (exact) mass is 354 g/mol. The molecule has 1 N–H and O–H groups in total. The molecule has 4 rings (SSSR count). The molecule has 1 aliphatic heterocycles. The molecule has 0 radical (unpaired) electrons. The fraction of sp³-hybridized carbons (Fsp3) is 0.300. The normalized spacial score (nSPS) is 15.5. The van der Waals surface area contributed by atoms with E-state index in [1.165, 1.54) is 5.56 Å². The second-order valence-corrected chi connectivity index (χ2v) is 8.90. The van der Waals surface area contributed by atoms with Crippen LogP contribution in [-0.4, -0.2) is 24.3 Å². The van der Waals surface area contributed by atoms with Gasteiger partial charge in [-0.15, -0.1) is 0 Å². The Morgan fingerprint density at radius 1 is 1.00 bits per heavy atom. The quantitative estimate of drug-likeness (QED) is 0.760. The number of fused-ring (bicyclic) bond motifs is 3. The fourth-order valence-corrected chi connectivity index (χ4v) is 5.36. The minimum atomic E-state index is -3.49. The summed E-state index contributed by atoms with van der Waals surface area (Å²) >= 11 is 0. The van der Waals surface area contributed by atoms with Crippen molar-refractivity contribution in [1.82, 2.24) is 9.29 Å². The summed E-state index contributed by atoms with van der Waals surface area (Å²) < 4.78 is 28.0. The van der Waals surface area contributed by atoms with Gasteiger partial charge in [0.1, 0.15) is 0 Å². The highest BCUT2D eigenvalue weighted by molar-refractivity contribution is 7.89. The zero-order valence-corrected chi connectivity index (χ0v) is 15.6. The van der Waals surface area contributed by atoms with Crippen LogP contribution in [0, 0.1) is 20.8 Å². The second-order valence-electron chi connectivity index (χ2n) is 6.99. The Morgan fingerprint density at radius 2 is 1.72 bits per heavy atom. The molecular weight excluding hydrogens is 332 g/mol. The lowest BCUT2D eigenvalue weighted by Gasteiger charge is -2.27. The average molecular weight is 354 g/mol. The standard InChI is InChI=1S/C20H22N2O2S/c1-13-5-7-16-17-12-22(9-8-18(17)21-19(16)10-13)25(23,24)20-11-14(2)4-6-15(20)3/h4-7,10-11,21H,8-9,12H2,1-3H3. The molecule has 0 unspecified atom stereocenters. The molecule has 0 aliphatic carbocycles. The van der Waals surface area contributed by atoms with Crippen LogP contribution >= 0.6 is 0 Å². The van der Waals surface area contributed by atoms with Crippen molar-refractivity contribution in [3.8, 4) is 0 Å². The van der Waals surface area contributed by atoms with Crippen molar-refractivity contribution < 1.29 is 8.42 Å². The minimum absolute atomic E-state index is 0.423.